The van der Waals surface area contributed by atoms with Crippen LogP contribution in [0, 0.1) is 29.0 Å². The van der Waals surface area contributed by atoms with Crippen molar-refractivity contribution >= 4 is 12.8 Å². The molecule has 2 aromatic rings. The van der Waals surface area contributed by atoms with Crippen LogP contribution in [0.15, 0.2) is 41.0 Å². The van der Waals surface area contributed by atoms with E-state index in [4.69, 9.17) is 10.1 Å². The minimum atomic E-state index is -0.203. The molecule has 3 unspecified atom stereocenters. The van der Waals surface area contributed by atoms with Gasteiger partial charge in [0.2, 0.25) is 12.8 Å². The standard InChI is InChI=1S/C24H36FN5.C8H12N2O.C2H5NO.C2H6/c1-6-17(4)15-19(18(5)7-2)9-10-20-16-21(25)11-12-22(20)23(13-14-26-8-3)24-27-29-30-28-24;1-6-7(2)8(6)10(5-11)4-3-9;1-3-2-4;1-2/h11-12,15-16,23,26H,6-10,13-14H2,1-5H3,(H,27,28,29,30);5-8H,4H2,1-2H3;2H,1H3,(H,3,4);1-2H3/b17-15-,19-18-;;;/t;6-,7?,8?;;/m.0../s1. The van der Waals surface area contributed by atoms with Crippen molar-refractivity contribution in [3.05, 3.63) is 63.8 Å². The highest BCUT2D eigenvalue weighted by molar-refractivity contribution is 5.49. The number of carbonyl (C=O) groups is 2. The van der Waals surface area contributed by atoms with Gasteiger partial charge < -0.3 is 15.5 Å². The Bertz CT molecular complexity index is 1250. The van der Waals surface area contributed by atoms with Crippen LogP contribution in [0.4, 0.5) is 4.39 Å². The average Bonchev–Trinajstić information content (AvgIpc) is 3.42. The van der Waals surface area contributed by atoms with E-state index in [1.807, 2.05) is 26.0 Å². The molecule has 0 saturated heterocycles. The van der Waals surface area contributed by atoms with Gasteiger partial charge in [0.25, 0.3) is 0 Å². The van der Waals surface area contributed by atoms with E-state index in [0.717, 1.165) is 62.7 Å². The fraction of sp³-hybridized carbons (Fsp3) is 0.611. The molecule has 3 rings (SSSR count). The van der Waals surface area contributed by atoms with E-state index in [-0.39, 0.29) is 18.3 Å². The summed E-state index contributed by atoms with van der Waals surface area (Å²) in [6.07, 6.45) is 8.26. The number of hydrogen-bond acceptors (Lipinski definition) is 7. The highest BCUT2D eigenvalue weighted by Crippen LogP contribution is 2.41. The molecule has 262 valence electrons. The molecule has 2 amide bonds. The average molecular weight is 655 g/mol. The second-order valence-electron chi connectivity index (χ2n) is 11.4. The Hall–Kier alpha value is -3.91. The first kappa shape index (κ1) is 43.1. The van der Waals surface area contributed by atoms with E-state index >= 15 is 0 Å². The van der Waals surface area contributed by atoms with Crippen LogP contribution < -0.4 is 10.6 Å². The van der Waals surface area contributed by atoms with Crippen LogP contribution >= 0.6 is 0 Å². The molecule has 11 heteroatoms. The molecule has 0 aliphatic heterocycles. The van der Waals surface area contributed by atoms with Gasteiger partial charge in [-0.15, -0.1) is 10.2 Å². The lowest BCUT2D eigenvalue weighted by Crippen LogP contribution is -2.26. The predicted octanol–water partition coefficient (Wildman–Crippen LogP) is 6.50. The Labute approximate surface area is 282 Å². The van der Waals surface area contributed by atoms with Crippen LogP contribution in [-0.4, -0.2) is 71.1 Å². The molecule has 4 atom stereocenters. The summed E-state index contributed by atoms with van der Waals surface area (Å²) in [5.41, 5.74) is 6.22. The van der Waals surface area contributed by atoms with E-state index in [1.165, 1.54) is 22.8 Å². The predicted molar refractivity (Wildman–Crippen MR) is 188 cm³/mol. The summed E-state index contributed by atoms with van der Waals surface area (Å²) in [6.45, 7) is 21.0. The number of aromatic nitrogens is 4. The summed E-state index contributed by atoms with van der Waals surface area (Å²) in [5, 5.41) is 28.8. The van der Waals surface area contributed by atoms with Crippen molar-refractivity contribution in [3.63, 3.8) is 0 Å². The largest absolute Gasteiger partial charge is 0.362 e. The van der Waals surface area contributed by atoms with Gasteiger partial charge in [-0.3, -0.25) is 9.59 Å². The zero-order chi connectivity index (χ0) is 35.8. The lowest BCUT2D eigenvalue weighted by atomic mass is 9.87. The van der Waals surface area contributed by atoms with Gasteiger partial charge in [-0.25, -0.2) is 4.39 Å². The summed E-state index contributed by atoms with van der Waals surface area (Å²) >= 11 is 0. The summed E-state index contributed by atoms with van der Waals surface area (Å²) in [4.78, 5) is 21.1. The Kier molecular flexibility index (Phi) is 23.1. The number of allylic oxidation sites excluding steroid dienone is 4. The van der Waals surface area contributed by atoms with Gasteiger partial charge >= 0.3 is 0 Å². The maximum absolute atomic E-state index is 14.2. The van der Waals surface area contributed by atoms with Crippen LogP contribution in [0.2, 0.25) is 0 Å². The van der Waals surface area contributed by atoms with Crippen molar-refractivity contribution in [2.45, 2.75) is 106 Å². The molecule has 1 fully saturated rings. The molecule has 1 aliphatic rings. The number of aryl methyl sites for hydroxylation is 1. The number of carbonyl (C=O) groups excluding carboxylic acids is 2. The third-order valence-electron chi connectivity index (χ3n) is 8.39. The molecular weight excluding hydrogens is 595 g/mol. The first-order chi connectivity index (χ1) is 22.6. The normalized spacial score (nSPS) is 17.5. The first-order valence-electron chi connectivity index (χ1n) is 16.9. The SMILES string of the molecule is CC.CC1C(N(C=O)CC#N)[C@H]1C.CCNCCC(c1nn[nH]n1)c1ccc(F)cc1CCC(/C=C(/C)CC)=C(\C)CC.CNC=O. The summed E-state index contributed by atoms with van der Waals surface area (Å²) in [7, 11) is 1.56. The summed E-state index contributed by atoms with van der Waals surface area (Å²) < 4.78 is 14.2. The summed E-state index contributed by atoms with van der Waals surface area (Å²) in [5.74, 6) is 1.56. The first-order valence-corrected chi connectivity index (χ1v) is 16.9. The molecule has 1 aliphatic carbocycles. The molecule has 0 radical (unpaired) electrons. The molecule has 47 heavy (non-hydrogen) atoms. The fourth-order valence-electron chi connectivity index (χ4n) is 5.13. The van der Waals surface area contributed by atoms with Crippen molar-refractivity contribution in [3.8, 4) is 6.07 Å². The van der Waals surface area contributed by atoms with Crippen molar-refractivity contribution in [1.82, 2.24) is 36.2 Å². The van der Waals surface area contributed by atoms with Crippen LogP contribution in [0.3, 0.4) is 0 Å². The molecule has 1 saturated carbocycles. The molecule has 0 spiro atoms. The van der Waals surface area contributed by atoms with Crippen molar-refractivity contribution in [2.24, 2.45) is 11.8 Å². The zero-order valence-corrected chi connectivity index (χ0v) is 30.4. The number of H-pyrrole nitrogens is 1. The Morgan fingerprint density at radius 2 is 1.81 bits per heavy atom. The lowest BCUT2D eigenvalue weighted by Gasteiger charge is -2.19. The number of rotatable bonds is 16. The second-order valence-corrected chi connectivity index (χ2v) is 11.4. The van der Waals surface area contributed by atoms with Crippen molar-refractivity contribution in [1.29, 1.82) is 5.26 Å². The van der Waals surface area contributed by atoms with Gasteiger partial charge in [0.1, 0.15) is 12.4 Å². The molecule has 1 aromatic carbocycles. The molecule has 10 nitrogen and oxygen atoms in total. The topological polar surface area (TPSA) is 140 Å². The number of tetrazole rings is 1. The van der Waals surface area contributed by atoms with Gasteiger partial charge in [-0.05, 0) is 99.7 Å². The lowest BCUT2D eigenvalue weighted by molar-refractivity contribution is -0.118. The van der Waals surface area contributed by atoms with Crippen molar-refractivity contribution in [2.75, 3.05) is 26.7 Å². The number of nitriles is 1. The van der Waals surface area contributed by atoms with E-state index in [9.17, 15) is 9.18 Å². The molecule has 3 N–H and O–H groups in total. The van der Waals surface area contributed by atoms with Gasteiger partial charge in [-0.1, -0.05) is 77.0 Å². The van der Waals surface area contributed by atoms with Crippen LogP contribution in [0.25, 0.3) is 0 Å². The van der Waals surface area contributed by atoms with E-state index in [0.29, 0.717) is 30.1 Å². The third-order valence-corrected chi connectivity index (χ3v) is 8.39. The van der Waals surface area contributed by atoms with E-state index in [2.05, 4.69) is 85.8 Å². The van der Waals surface area contributed by atoms with Gasteiger partial charge in [-0.2, -0.15) is 10.5 Å². The number of aromatic amines is 1. The van der Waals surface area contributed by atoms with Crippen molar-refractivity contribution < 1.29 is 14.0 Å². The maximum atomic E-state index is 14.2. The third kappa shape index (κ3) is 15.5. The minimum Gasteiger partial charge on any atom is -0.362 e. The molecular formula is C36H59FN8O2. The number of nitrogens with one attached hydrogen (secondary N) is 3. The molecule has 1 heterocycles. The second kappa shape index (κ2) is 25.2. The van der Waals surface area contributed by atoms with Gasteiger partial charge in [0.05, 0.1) is 6.07 Å². The summed E-state index contributed by atoms with van der Waals surface area (Å²) in [6, 6.07) is 7.39. The number of halogens is 1. The number of hydrogen-bond donors (Lipinski definition) is 3. The number of nitrogens with zero attached hydrogens (tertiary/aromatic N) is 5. The maximum Gasteiger partial charge on any atom is 0.210 e. The minimum absolute atomic E-state index is 0.0222. The van der Waals surface area contributed by atoms with Gasteiger partial charge in [0, 0.05) is 19.0 Å². The van der Waals surface area contributed by atoms with Gasteiger partial charge in [0.15, 0.2) is 5.82 Å². The van der Waals surface area contributed by atoms with E-state index < -0.39 is 0 Å². The Morgan fingerprint density at radius 3 is 2.28 bits per heavy atom. The fourth-order valence-corrected chi connectivity index (χ4v) is 5.13. The zero-order valence-electron chi connectivity index (χ0n) is 30.4. The Morgan fingerprint density at radius 1 is 1.15 bits per heavy atom. The molecule has 0 bridgehead atoms. The monoisotopic (exact) mass is 654 g/mol. The number of amides is 2. The van der Waals surface area contributed by atoms with E-state index in [1.54, 1.807) is 18.0 Å². The van der Waals surface area contributed by atoms with Crippen LogP contribution in [-0.2, 0) is 16.0 Å². The highest BCUT2D eigenvalue weighted by Gasteiger charge is 2.46. The van der Waals surface area contributed by atoms with Crippen LogP contribution in [0.5, 0.6) is 0 Å². The quantitative estimate of drug-likeness (QED) is 0.0813. The number of benzene rings is 1. The Balaban J connectivity index is 0.00000102. The highest BCUT2D eigenvalue weighted by atomic mass is 19.1. The molecule has 1 aromatic heterocycles. The smallest absolute Gasteiger partial charge is 0.210 e. The van der Waals surface area contributed by atoms with Crippen LogP contribution in [0.1, 0.15) is 111 Å².